The zero-order chi connectivity index (χ0) is 30.5. The van der Waals surface area contributed by atoms with Crippen LogP contribution in [0.15, 0.2) is 91.0 Å². The molecule has 43 heavy (non-hydrogen) atoms. The molecular weight excluding hydrogens is 679 g/mol. The van der Waals surface area contributed by atoms with Crippen molar-refractivity contribution < 1.29 is 19.2 Å². The Balaban J connectivity index is 0.000000298. The van der Waals surface area contributed by atoms with Gasteiger partial charge in [0.1, 0.15) is 12.2 Å². The molecule has 0 aromatic heterocycles. The van der Waals surface area contributed by atoms with E-state index in [-0.39, 0.29) is 37.7 Å². The number of hydrogen-bond acceptors (Lipinski definition) is 6. The van der Waals surface area contributed by atoms with Crippen LogP contribution in [0.5, 0.6) is 0 Å². The SMILES string of the molecule is Cl.O=C(Cc1ccccc1)NCC(=O)ONc1c(Cl)cccc1Cl.O=C(Cl)Cc1ccccc1Nc1c(Cl)cccc1Cl. The fourth-order valence-electron chi connectivity index (χ4n) is 3.45. The average Bonchev–Trinajstić information content (AvgIpc) is 2.95. The molecule has 0 aliphatic heterocycles. The molecule has 13 heteroatoms. The van der Waals surface area contributed by atoms with Crippen LogP contribution in [0, 0.1) is 0 Å². The Morgan fingerprint density at radius 1 is 0.651 bits per heavy atom. The summed E-state index contributed by atoms with van der Waals surface area (Å²) in [6.07, 6.45) is 0.338. The standard InChI is InChI=1S/C16H14Cl2N2O3.C14H10Cl3NO.ClH/c17-12-7-4-8-13(18)16(12)20-23-15(22)10-19-14(21)9-11-5-2-1-3-6-11;15-10-5-3-6-11(16)14(10)18-12-7-2-1-4-9(12)8-13(17)19;/h1-8,20H,9-10H2,(H,19,21);1-7,18H,8H2;1H. The van der Waals surface area contributed by atoms with Gasteiger partial charge in [-0.3, -0.25) is 9.59 Å². The van der Waals surface area contributed by atoms with E-state index in [0.717, 1.165) is 16.8 Å². The number of amides is 1. The highest BCUT2D eigenvalue weighted by molar-refractivity contribution is 6.63. The molecule has 0 fully saturated rings. The molecule has 4 aromatic rings. The molecule has 7 nitrogen and oxygen atoms in total. The number of carbonyl (C=O) groups is 3. The summed E-state index contributed by atoms with van der Waals surface area (Å²) in [4.78, 5) is 39.2. The molecule has 0 saturated heterocycles. The van der Waals surface area contributed by atoms with Crippen LogP contribution in [0.25, 0.3) is 0 Å². The van der Waals surface area contributed by atoms with Crippen LogP contribution in [-0.2, 0) is 32.1 Å². The predicted octanol–water partition coefficient (Wildman–Crippen LogP) is 8.69. The van der Waals surface area contributed by atoms with Gasteiger partial charge in [-0.15, -0.1) is 12.4 Å². The quantitative estimate of drug-likeness (QED) is 0.113. The van der Waals surface area contributed by atoms with Gasteiger partial charge in [-0.25, -0.2) is 10.3 Å². The van der Waals surface area contributed by atoms with Crippen molar-refractivity contribution in [3.8, 4) is 0 Å². The van der Waals surface area contributed by atoms with Crippen LogP contribution in [0.1, 0.15) is 11.1 Å². The largest absolute Gasteiger partial charge is 0.353 e. The maximum Gasteiger partial charge on any atom is 0.351 e. The van der Waals surface area contributed by atoms with Crippen molar-refractivity contribution in [2.45, 2.75) is 12.8 Å². The molecule has 3 N–H and O–H groups in total. The molecule has 4 rings (SSSR count). The van der Waals surface area contributed by atoms with Crippen LogP contribution in [-0.4, -0.2) is 23.7 Å². The number of halogens is 6. The molecular formula is C30H25Cl6N3O4. The molecule has 0 atom stereocenters. The lowest BCUT2D eigenvalue weighted by Gasteiger charge is -2.13. The van der Waals surface area contributed by atoms with E-state index < -0.39 is 11.2 Å². The number of carbonyl (C=O) groups excluding carboxylic acids is 3. The van der Waals surface area contributed by atoms with Gasteiger partial charge in [0.05, 0.1) is 32.2 Å². The van der Waals surface area contributed by atoms with Crippen molar-refractivity contribution in [1.29, 1.82) is 0 Å². The number of para-hydroxylation sites is 3. The number of benzene rings is 4. The summed E-state index contributed by atoms with van der Waals surface area (Å²) in [6.45, 7) is -0.263. The number of nitrogens with one attached hydrogen (secondary N) is 3. The molecule has 226 valence electrons. The lowest BCUT2D eigenvalue weighted by atomic mass is 10.1. The van der Waals surface area contributed by atoms with E-state index in [1.165, 1.54) is 0 Å². The van der Waals surface area contributed by atoms with Gasteiger partial charge >= 0.3 is 5.97 Å². The minimum atomic E-state index is -0.664. The average molecular weight is 704 g/mol. The third kappa shape index (κ3) is 12.2. The topological polar surface area (TPSA) is 96.5 Å². The van der Waals surface area contributed by atoms with E-state index in [2.05, 4.69) is 16.1 Å². The van der Waals surface area contributed by atoms with Crippen LogP contribution in [0.3, 0.4) is 0 Å². The number of rotatable bonds is 10. The Morgan fingerprint density at radius 3 is 1.77 bits per heavy atom. The molecule has 0 unspecified atom stereocenters. The third-order valence-electron chi connectivity index (χ3n) is 5.44. The smallest absolute Gasteiger partial charge is 0.351 e. The highest BCUT2D eigenvalue weighted by atomic mass is 35.5. The van der Waals surface area contributed by atoms with Crippen molar-refractivity contribution in [1.82, 2.24) is 5.32 Å². The van der Waals surface area contributed by atoms with Gasteiger partial charge in [-0.2, -0.15) is 0 Å². The highest BCUT2D eigenvalue weighted by Crippen LogP contribution is 2.34. The monoisotopic (exact) mass is 701 g/mol. The second kappa shape index (κ2) is 18.5. The number of anilines is 3. The first-order valence-electron chi connectivity index (χ1n) is 12.3. The minimum absolute atomic E-state index is 0. The summed E-state index contributed by atoms with van der Waals surface area (Å²) in [5, 5.41) is 6.86. The van der Waals surface area contributed by atoms with E-state index in [4.69, 9.17) is 62.8 Å². The van der Waals surface area contributed by atoms with Crippen molar-refractivity contribution in [2.75, 3.05) is 17.3 Å². The molecule has 0 heterocycles. The normalized spacial score (nSPS) is 9.88. The maximum absolute atomic E-state index is 11.7. The van der Waals surface area contributed by atoms with E-state index in [9.17, 15) is 14.4 Å². The fraction of sp³-hybridized carbons (Fsp3) is 0.100. The Hall–Kier alpha value is -3.17. The molecule has 0 aliphatic carbocycles. The van der Waals surface area contributed by atoms with Gasteiger partial charge in [-0.1, -0.05) is 107 Å². The fourth-order valence-corrected chi connectivity index (χ4v) is 4.56. The van der Waals surface area contributed by atoms with Gasteiger partial charge < -0.3 is 15.5 Å². The third-order valence-corrected chi connectivity index (χ3v) is 6.83. The first kappa shape index (κ1) is 36.0. The van der Waals surface area contributed by atoms with E-state index in [1.54, 1.807) is 36.4 Å². The van der Waals surface area contributed by atoms with Gasteiger partial charge in [0.15, 0.2) is 0 Å². The summed E-state index contributed by atoms with van der Waals surface area (Å²) in [6, 6.07) is 26.7. The molecule has 0 aliphatic rings. The molecule has 0 spiro atoms. The Bertz CT molecular complexity index is 1500. The van der Waals surface area contributed by atoms with E-state index in [0.29, 0.717) is 31.5 Å². The van der Waals surface area contributed by atoms with Crippen LogP contribution >= 0.6 is 70.4 Å². The summed E-state index contributed by atoms with van der Waals surface area (Å²) in [5.41, 5.74) is 5.70. The van der Waals surface area contributed by atoms with Crippen molar-refractivity contribution in [3.63, 3.8) is 0 Å². The summed E-state index contributed by atoms with van der Waals surface area (Å²) in [7, 11) is 0. The molecule has 1 amide bonds. The summed E-state index contributed by atoms with van der Waals surface area (Å²) >= 11 is 29.5. The second-order valence-corrected chi connectivity index (χ2v) is 10.6. The second-order valence-electron chi connectivity index (χ2n) is 8.52. The van der Waals surface area contributed by atoms with E-state index >= 15 is 0 Å². The first-order chi connectivity index (χ1) is 20.1. The number of hydrogen-bond donors (Lipinski definition) is 3. The molecule has 0 radical (unpaired) electrons. The maximum atomic E-state index is 11.7. The van der Waals surface area contributed by atoms with Gasteiger partial charge in [-0.05, 0) is 53.1 Å². The van der Waals surface area contributed by atoms with E-state index in [1.807, 2.05) is 54.6 Å². The molecule has 0 saturated carbocycles. The predicted molar refractivity (Wildman–Crippen MR) is 177 cm³/mol. The summed E-state index contributed by atoms with van der Waals surface area (Å²) in [5.74, 6) is -0.939. The molecule has 0 bridgehead atoms. The lowest BCUT2D eigenvalue weighted by molar-refractivity contribution is -0.141. The van der Waals surface area contributed by atoms with Gasteiger partial charge in [0.2, 0.25) is 11.1 Å². The van der Waals surface area contributed by atoms with Crippen molar-refractivity contribution >= 4 is 105 Å². The van der Waals surface area contributed by atoms with Crippen LogP contribution in [0.2, 0.25) is 20.1 Å². The zero-order valence-electron chi connectivity index (χ0n) is 22.2. The van der Waals surface area contributed by atoms with Crippen molar-refractivity contribution in [3.05, 3.63) is 122 Å². The van der Waals surface area contributed by atoms with Crippen molar-refractivity contribution in [2.24, 2.45) is 0 Å². The Morgan fingerprint density at radius 2 is 1.19 bits per heavy atom. The Kier molecular flexibility index (Phi) is 15.5. The van der Waals surface area contributed by atoms with Gasteiger partial charge in [0.25, 0.3) is 0 Å². The highest BCUT2D eigenvalue weighted by Gasteiger charge is 2.12. The van der Waals surface area contributed by atoms with Gasteiger partial charge in [0, 0.05) is 12.1 Å². The molecule has 4 aromatic carbocycles. The Labute approximate surface area is 280 Å². The first-order valence-corrected chi connectivity index (χ1v) is 14.2. The lowest BCUT2D eigenvalue weighted by Crippen LogP contribution is -2.32. The minimum Gasteiger partial charge on any atom is -0.353 e. The van der Waals surface area contributed by atoms with Crippen LogP contribution < -0.4 is 16.1 Å². The zero-order valence-corrected chi connectivity index (χ0v) is 26.8. The summed E-state index contributed by atoms with van der Waals surface area (Å²) < 4.78 is 0. The van der Waals surface area contributed by atoms with Crippen LogP contribution in [0.4, 0.5) is 17.1 Å².